The van der Waals surface area contributed by atoms with Gasteiger partial charge >= 0.3 is 5.97 Å². The summed E-state index contributed by atoms with van der Waals surface area (Å²) in [6.45, 7) is 0.885. The molecule has 0 N–H and O–H groups in total. The van der Waals surface area contributed by atoms with Gasteiger partial charge in [0.15, 0.2) is 0 Å². The molecule has 0 radical (unpaired) electrons. The van der Waals surface area contributed by atoms with Crippen LogP contribution in [0.3, 0.4) is 0 Å². The van der Waals surface area contributed by atoms with Gasteiger partial charge in [0.1, 0.15) is 0 Å². The minimum absolute atomic E-state index is 0.135. The molecule has 0 atom stereocenters. The molecule has 1 heterocycles. The Labute approximate surface area is 88.3 Å². The Balaban J connectivity index is 2.22. The standard InChI is InChI=1S/C10H15NO2S/c1-11(9-5-4-8-14-9)7-3-6-10(12)13-2/h4-5,8H,3,6-7H2,1-2H3. The molecule has 0 aliphatic heterocycles. The van der Waals surface area contributed by atoms with Gasteiger partial charge in [-0.2, -0.15) is 0 Å². The molecule has 0 saturated heterocycles. The fourth-order valence-corrected chi connectivity index (χ4v) is 1.88. The summed E-state index contributed by atoms with van der Waals surface area (Å²) < 4.78 is 4.57. The SMILES string of the molecule is COC(=O)CCCN(C)c1cccs1. The summed E-state index contributed by atoms with van der Waals surface area (Å²) in [7, 11) is 3.45. The van der Waals surface area contributed by atoms with E-state index in [0.717, 1.165) is 13.0 Å². The van der Waals surface area contributed by atoms with Crippen LogP contribution in [0.1, 0.15) is 12.8 Å². The van der Waals surface area contributed by atoms with Gasteiger partial charge in [-0.3, -0.25) is 4.79 Å². The maximum Gasteiger partial charge on any atom is 0.305 e. The Kier molecular flexibility index (Phi) is 4.46. The van der Waals surface area contributed by atoms with Crippen molar-refractivity contribution in [1.29, 1.82) is 0 Å². The van der Waals surface area contributed by atoms with Crippen molar-refractivity contribution in [2.75, 3.05) is 25.6 Å². The average molecular weight is 213 g/mol. The molecule has 1 aromatic rings. The van der Waals surface area contributed by atoms with Crippen LogP contribution in [0.5, 0.6) is 0 Å². The maximum absolute atomic E-state index is 10.8. The monoisotopic (exact) mass is 213 g/mol. The first-order valence-electron chi connectivity index (χ1n) is 4.55. The van der Waals surface area contributed by atoms with E-state index in [9.17, 15) is 4.79 Å². The molecule has 0 amide bonds. The van der Waals surface area contributed by atoms with Crippen LogP contribution in [0.15, 0.2) is 17.5 Å². The molecule has 0 aliphatic carbocycles. The highest BCUT2D eigenvalue weighted by Gasteiger charge is 2.03. The number of anilines is 1. The molecule has 78 valence electrons. The maximum atomic E-state index is 10.8. The van der Waals surface area contributed by atoms with E-state index >= 15 is 0 Å². The van der Waals surface area contributed by atoms with Crippen LogP contribution in [0.25, 0.3) is 0 Å². The largest absolute Gasteiger partial charge is 0.469 e. The number of methoxy groups -OCH3 is 1. The minimum Gasteiger partial charge on any atom is -0.469 e. The van der Waals surface area contributed by atoms with Gasteiger partial charge in [0.25, 0.3) is 0 Å². The van der Waals surface area contributed by atoms with Crippen LogP contribution in [0.2, 0.25) is 0 Å². The van der Waals surface area contributed by atoms with Crippen LogP contribution >= 0.6 is 11.3 Å². The third kappa shape index (κ3) is 3.38. The summed E-state index contributed by atoms with van der Waals surface area (Å²) in [5.41, 5.74) is 0. The zero-order valence-electron chi connectivity index (χ0n) is 8.53. The molecule has 0 saturated carbocycles. The van der Waals surface area contributed by atoms with E-state index in [0.29, 0.717) is 6.42 Å². The third-order valence-electron chi connectivity index (χ3n) is 1.98. The van der Waals surface area contributed by atoms with Crippen molar-refractivity contribution in [3.05, 3.63) is 17.5 Å². The summed E-state index contributed by atoms with van der Waals surface area (Å²) in [6.07, 6.45) is 1.33. The van der Waals surface area contributed by atoms with Gasteiger partial charge in [-0.05, 0) is 23.9 Å². The van der Waals surface area contributed by atoms with Gasteiger partial charge < -0.3 is 9.64 Å². The Morgan fingerprint density at radius 1 is 1.64 bits per heavy atom. The fourth-order valence-electron chi connectivity index (χ4n) is 1.16. The Bertz CT molecular complexity index is 272. The second-order valence-corrected chi connectivity index (χ2v) is 3.98. The van der Waals surface area contributed by atoms with Crippen molar-refractivity contribution in [1.82, 2.24) is 0 Å². The number of hydrogen-bond acceptors (Lipinski definition) is 4. The molecular formula is C10H15NO2S. The van der Waals surface area contributed by atoms with Crippen molar-refractivity contribution in [2.24, 2.45) is 0 Å². The minimum atomic E-state index is -0.135. The lowest BCUT2D eigenvalue weighted by Crippen LogP contribution is -2.18. The number of carbonyl (C=O) groups excluding carboxylic acids is 1. The van der Waals surface area contributed by atoms with E-state index in [1.807, 2.05) is 18.5 Å². The molecule has 1 rings (SSSR count). The summed E-state index contributed by atoms with van der Waals surface area (Å²) in [5.74, 6) is -0.135. The molecule has 1 aromatic heterocycles. The second kappa shape index (κ2) is 5.65. The Hall–Kier alpha value is -1.03. The Morgan fingerprint density at radius 2 is 2.43 bits per heavy atom. The van der Waals surface area contributed by atoms with Gasteiger partial charge in [0, 0.05) is 20.0 Å². The predicted molar refractivity (Wildman–Crippen MR) is 58.8 cm³/mol. The average Bonchev–Trinajstić information content (AvgIpc) is 2.70. The van der Waals surface area contributed by atoms with E-state index < -0.39 is 0 Å². The summed E-state index contributed by atoms with van der Waals surface area (Å²) in [6, 6.07) is 4.10. The van der Waals surface area contributed by atoms with Crippen LogP contribution < -0.4 is 4.90 Å². The summed E-state index contributed by atoms with van der Waals surface area (Å²) in [5, 5.41) is 3.28. The van der Waals surface area contributed by atoms with E-state index in [4.69, 9.17) is 0 Å². The molecule has 4 heteroatoms. The number of ether oxygens (including phenoxy) is 1. The van der Waals surface area contributed by atoms with Crippen molar-refractivity contribution in [3.8, 4) is 0 Å². The molecule has 14 heavy (non-hydrogen) atoms. The predicted octanol–water partition coefficient (Wildman–Crippen LogP) is 2.14. The van der Waals surface area contributed by atoms with E-state index in [1.165, 1.54) is 12.1 Å². The quantitative estimate of drug-likeness (QED) is 0.702. The smallest absolute Gasteiger partial charge is 0.305 e. The zero-order valence-corrected chi connectivity index (χ0v) is 9.34. The number of esters is 1. The highest BCUT2D eigenvalue weighted by molar-refractivity contribution is 7.14. The second-order valence-electron chi connectivity index (χ2n) is 3.05. The number of thiophene rings is 1. The first kappa shape index (κ1) is 11.0. The summed E-state index contributed by atoms with van der Waals surface area (Å²) >= 11 is 1.71. The fraction of sp³-hybridized carbons (Fsp3) is 0.500. The van der Waals surface area contributed by atoms with Crippen molar-refractivity contribution in [3.63, 3.8) is 0 Å². The highest BCUT2D eigenvalue weighted by Crippen LogP contribution is 2.19. The van der Waals surface area contributed by atoms with Gasteiger partial charge in [-0.1, -0.05) is 0 Å². The summed E-state index contributed by atoms with van der Waals surface area (Å²) in [4.78, 5) is 13.0. The molecular weight excluding hydrogens is 198 g/mol. The molecule has 0 bridgehead atoms. The molecule has 0 spiro atoms. The van der Waals surface area contributed by atoms with Gasteiger partial charge in [-0.15, -0.1) is 11.3 Å². The van der Waals surface area contributed by atoms with Crippen LogP contribution in [0.4, 0.5) is 5.00 Å². The third-order valence-corrected chi connectivity index (χ3v) is 2.97. The molecule has 0 aromatic carbocycles. The number of hydrogen-bond donors (Lipinski definition) is 0. The lowest BCUT2D eigenvalue weighted by atomic mass is 10.3. The zero-order chi connectivity index (χ0) is 10.4. The number of rotatable bonds is 5. The van der Waals surface area contributed by atoms with Crippen LogP contribution in [0, 0.1) is 0 Å². The van der Waals surface area contributed by atoms with Crippen LogP contribution in [-0.4, -0.2) is 26.7 Å². The van der Waals surface area contributed by atoms with E-state index in [-0.39, 0.29) is 5.97 Å². The topological polar surface area (TPSA) is 29.5 Å². The number of carbonyl (C=O) groups is 1. The van der Waals surface area contributed by atoms with Crippen molar-refractivity contribution >= 4 is 22.3 Å². The highest BCUT2D eigenvalue weighted by atomic mass is 32.1. The molecule has 0 fully saturated rings. The normalized spacial score (nSPS) is 9.86. The van der Waals surface area contributed by atoms with Crippen molar-refractivity contribution < 1.29 is 9.53 Å². The van der Waals surface area contributed by atoms with Gasteiger partial charge in [0.05, 0.1) is 12.1 Å². The van der Waals surface area contributed by atoms with Gasteiger partial charge in [-0.25, -0.2) is 0 Å². The molecule has 0 unspecified atom stereocenters. The first-order chi connectivity index (χ1) is 6.74. The van der Waals surface area contributed by atoms with E-state index in [1.54, 1.807) is 11.3 Å². The van der Waals surface area contributed by atoms with Crippen LogP contribution in [-0.2, 0) is 9.53 Å². The molecule has 3 nitrogen and oxygen atoms in total. The van der Waals surface area contributed by atoms with Crippen molar-refractivity contribution in [2.45, 2.75) is 12.8 Å². The first-order valence-corrected chi connectivity index (χ1v) is 5.43. The lowest BCUT2D eigenvalue weighted by molar-refractivity contribution is -0.140. The molecule has 0 aliphatic rings. The number of nitrogens with zero attached hydrogens (tertiary/aromatic N) is 1. The lowest BCUT2D eigenvalue weighted by Gasteiger charge is -2.15. The van der Waals surface area contributed by atoms with E-state index in [2.05, 4.69) is 15.7 Å². The van der Waals surface area contributed by atoms with Gasteiger partial charge in [0.2, 0.25) is 0 Å². The Morgan fingerprint density at radius 3 is 3.00 bits per heavy atom.